The SMILES string of the molecule is COc1ccccc1[C@@H](C)NC(=O)[C@@H](C)Oc1cc(C)c(Cl)c(C)c1. The monoisotopic (exact) mass is 361 g/mol. The van der Waals surface area contributed by atoms with Gasteiger partial charge < -0.3 is 14.8 Å². The second-order valence-corrected chi connectivity index (χ2v) is 6.48. The number of halogens is 1. The minimum atomic E-state index is -0.628. The van der Waals surface area contributed by atoms with E-state index >= 15 is 0 Å². The van der Waals surface area contributed by atoms with Crippen LogP contribution in [0.15, 0.2) is 36.4 Å². The number of carbonyl (C=O) groups excluding carboxylic acids is 1. The van der Waals surface area contributed by atoms with Gasteiger partial charge in [0.15, 0.2) is 6.10 Å². The van der Waals surface area contributed by atoms with Gasteiger partial charge >= 0.3 is 0 Å². The number of rotatable bonds is 6. The molecule has 2 atom stereocenters. The highest BCUT2D eigenvalue weighted by atomic mass is 35.5. The molecule has 1 N–H and O–H groups in total. The van der Waals surface area contributed by atoms with Crippen LogP contribution >= 0.6 is 11.6 Å². The maximum absolute atomic E-state index is 12.5. The van der Waals surface area contributed by atoms with Crippen LogP contribution in [0.3, 0.4) is 0 Å². The average molecular weight is 362 g/mol. The van der Waals surface area contributed by atoms with Crippen molar-refractivity contribution in [1.82, 2.24) is 5.32 Å². The molecule has 0 unspecified atom stereocenters. The number of benzene rings is 2. The number of nitrogens with one attached hydrogen (secondary N) is 1. The second kappa shape index (κ2) is 8.26. The van der Waals surface area contributed by atoms with Crippen molar-refractivity contribution < 1.29 is 14.3 Å². The number of carbonyl (C=O) groups is 1. The zero-order valence-corrected chi connectivity index (χ0v) is 16.0. The molecule has 2 aromatic carbocycles. The summed E-state index contributed by atoms with van der Waals surface area (Å²) in [6, 6.07) is 11.1. The highest BCUT2D eigenvalue weighted by molar-refractivity contribution is 6.32. The first-order valence-corrected chi connectivity index (χ1v) is 8.58. The number of ether oxygens (including phenoxy) is 2. The molecular weight excluding hydrogens is 338 g/mol. The molecule has 2 aromatic rings. The van der Waals surface area contributed by atoms with Gasteiger partial charge in [-0.25, -0.2) is 0 Å². The molecule has 0 heterocycles. The van der Waals surface area contributed by atoms with E-state index in [9.17, 15) is 4.79 Å². The first kappa shape index (κ1) is 19.1. The largest absolute Gasteiger partial charge is 0.496 e. The molecule has 2 rings (SSSR count). The Morgan fingerprint density at radius 1 is 1.12 bits per heavy atom. The lowest BCUT2D eigenvalue weighted by atomic mass is 10.1. The molecule has 0 aliphatic carbocycles. The van der Waals surface area contributed by atoms with E-state index in [2.05, 4.69) is 5.32 Å². The molecule has 0 aromatic heterocycles. The molecule has 0 saturated carbocycles. The molecule has 0 radical (unpaired) electrons. The van der Waals surface area contributed by atoms with Crippen LogP contribution in [0.4, 0.5) is 0 Å². The van der Waals surface area contributed by atoms with Gasteiger partial charge in [0.1, 0.15) is 11.5 Å². The maximum atomic E-state index is 12.5. The maximum Gasteiger partial charge on any atom is 0.261 e. The predicted octanol–water partition coefficient (Wildman–Crippen LogP) is 4.61. The van der Waals surface area contributed by atoms with Crippen LogP contribution in [0, 0.1) is 13.8 Å². The summed E-state index contributed by atoms with van der Waals surface area (Å²) in [4.78, 5) is 12.5. The fourth-order valence-electron chi connectivity index (χ4n) is 2.66. The van der Waals surface area contributed by atoms with E-state index in [1.54, 1.807) is 14.0 Å². The molecular formula is C20H24ClNO3. The normalized spacial score (nSPS) is 13.0. The predicted molar refractivity (Wildman–Crippen MR) is 101 cm³/mol. The van der Waals surface area contributed by atoms with Crippen LogP contribution in [0.1, 0.15) is 36.6 Å². The minimum Gasteiger partial charge on any atom is -0.496 e. The molecule has 0 aliphatic heterocycles. The molecule has 0 spiro atoms. The fourth-order valence-corrected chi connectivity index (χ4v) is 2.77. The third-order valence-electron chi connectivity index (χ3n) is 4.06. The first-order chi connectivity index (χ1) is 11.8. The van der Waals surface area contributed by atoms with Gasteiger partial charge in [-0.05, 0) is 57.0 Å². The van der Waals surface area contributed by atoms with Gasteiger partial charge in [0.2, 0.25) is 0 Å². The van der Waals surface area contributed by atoms with Gasteiger partial charge in [-0.2, -0.15) is 0 Å². The van der Waals surface area contributed by atoms with E-state index < -0.39 is 6.10 Å². The first-order valence-electron chi connectivity index (χ1n) is 8.20. The standard InChI is InChI=1S/C20H24ClNO3/c1-12-10-16(11-13(2)19(12)21)25-15(4)20(23)22-14(3)17-8-6-7-9-18(17)24-5/h6-11,14-15H,1-5H3,(H,22,23)/t14-,15-/m1/s1. The number of hydrogen-bond donors (Lipinski definition) is 1. The summed E-state index contributed by atoms with van der Waals surface area (Å²) in [6.45, 7) is 7.47. The molecule has 1 amide bonds. The van der Waals surface area contributed by atoms with Gasteiger partial charge in [0, 0.05) is 10.6 Å². The third-order valence-corrected chi connectivity index (χ3v) is 4.65. The lowest BCUT2D eigenvalue weighted by Crippen LogP contribution is -2.37. The summed E-state index contributed by atoms with van der Waals surface area (Å²) in [6.07, 6.45) is -0.628. The summed E-state index contributed by atoms with van der Waals surface area (Å²) in [5.74, 6) is 1.18. The van der Waals surface area contributed by atoms with Crippen LogP contribution in [0.2, 0.25) is 5.02 Å². The fraction of sp³-hybridized carbons (Fsp3) is 0.350. The summed E-state index contributed by atoms with van der Waals surface area (Å²) in [7, 11) is 1.62. The third kappa shape index (κ3) is 4.67. The highest BCUT2D eigenvalue weighted by Crippen LogP contribution is 2.27. The van der Waals surface area contributed by atoms with E-state index in [4.69, 9.17) is 21.1 Å². The molecule has 0 fully saturated rings. The van der Waals surface area contributed by atoms with Crippen molar-refractivity contribution in [2.45, 2.75) is 39.8 Å². The van der Waals surface area contributed by atoms with E-state index in [0.717, 1.165) is 22.4 Å². The zero-order valence-electron chi connectivity index (χ0n) is 15.2. The van der Waals surface area contributed by atoms with Gasteiger partial charge in [0.25, 0.3) is 5.91 Å². The topological polar surface area (TPSA) is 47.6 Å². The quantitative estimate of drug-likeness (QED) is 0.817. The zero-order chi connectivity index (χ0) is 18.6. The van der Waals surface area contributed by atoms with E-state index in [-0.39, 0.29) is 11.9 Å². The van der Waals surface area contributed by atoms with Crippen molar-refractivity contribution in [2.75, 3.05) is 7.11 Å². The molecule has 134 valence electrons. The Hall–Kier alpha value is -2.20. The van der Waals surface area contributed by atoms with Crippen molar-refractivity contribution in [3.63, 3.8) is 0 Å². The van der Waals surface area contributed by atoms with Gasteiger partial charge in [-0.15, -0.1) is 0 Å². The molecule has 0 aliphatic rings. The van der Waals surface area contributed by atoms with Crippen LogP contribution in [-0.2, 0) is 4.79 Å². The van der Waals surface area contributed by atoms with E-state index in [1.807, 2.05) is 57.2 Å². The summed E-state index contributed by atoms with van der Waals surface area (Å²) < 4.78 is 11.1. The Kier molecular flexibility index (Phi) is 6.32. The smallest absolute Gasteiger partial charge is 0.261 e. The van der Waals surface area contributed by atoms with Crippen molar-refractivity contribution >= 4 is 17.5 Å². The Morgan fingerprint density at radius 3 is 2.32 bits per heavy atom. The summed E-state index contributed by atoms with van der Waals surface area (Å²) in [5.41, 5.74) is 2.77. The Bertz CT molecular complexity index is 737. The number of aryl methyl sites for hydroxylation is 2. The molecule has 4 nitrogen and oxygen atoms in total. The van der Waals surface area contributed by atoms with Crippen molar-refractivity contribution in [2.24, 2.45) is 0 Å². The van der Waals surface area contributed by atoms with Gasteiger partial charge in [0.05, 0.1) is 13.2 Å². The average Bonchev–Trinajstić information content (AvgIpc) is 2.59. The molecule has 25 heavy (non-hydrogen) atoms. The van der Waals surface area contributed by atoms with Crippen LogP contribution < -0.4 is 14.8 Å². The van der Waals surface area contributed by atoms with Gasteiger partial charge in [-0.1, -0.05) is 29.8 Å². The Morgan fingerprint density at radius 2 is 1.72 bits per heavy atom. The van der Waals surface area contributed by atoms with E-state index in [1.165, 1.54) is 0 Å². The van der Waals surface area contributed by atoms with Gasteiger partial charge in [-0.3, -0.25) is 4.79 Å². The van der Waals surface area contributed by atoms with Crippen LogP contribution in [0.25, 0.3) is 0 Å². The summed E-state index contributed by atoms with van der Waals surface area (Å²) in [5, 5.41) is 3.68. The minimum absolute atomic E-state index is 0.191. The van der Waals surface area contributed by atoms with Crippen molar-refractivity contribution in [3.05, 3.63) is 58.1 Å². The number of methoxy groups -OCH3 is 1. The number of amides is 1. The Labute approximate surface area is 154 Å². The van der Waals surface area contributed by atoms with Crippen molar-refractivity contribution in [1.29, 1.82) is 0 Å². The summed E-state index contributed by atoms with van der Waals surface area (Å²) >= 11 is 6.17. The molecule has 0 bridgehead atoms. The molecule has 0 saturated heterocycles. The van der Waals surface area contributed by atoms with Crippen LogP contribution in [-0.4, -0.2) is 19.1 Å². The number of hydrogen-bond acceptors (Lipinski definition) is 3. The lowest BCUT2D eigenvalue weighted by Gasteiger charge is -2.21. The van der Waals surface area contributed by atoms with Crippen LogP contribution in [0.5, 0.6) is 11.5 Å². The second-order valence-electron chi connectivity index (χ2n) is 6.10. The number of para-hydroxylation sites is 1. The van der Waals surface area contributed by atoms with Crippen molar-refractivity contribution in [3.8, 4) is 11.5 Å². The molecule has 5 heteroatoms. The van der Waals surface area contributed by atoms with E-state index in [0.29, 0.717) is 10.8 Å². The lowest BCUT2D eigenvalue weighted by molar-refractivity contribution is -0.127. The highest BCUT2D eigenvalue weighted by Gasteiger charge is 2.20. The Balaban J connectivity index is 2.05.